The van der Waals surface area contributed by atoms with Crippen molar-refractivity contribution in [3.05, 3.63) is 33.8 Å². The highest BCUT2D eigenvalue weighted by molar-refractivity contribution is 6.42. The van der Waals surface area contributed by atoms with Crippen LogP contribution < -0.4 is 0 Å². The van der Waals surface area contributed by atoms with Crippen LogP contribution in [-0.4, -0.2) is 29.8 Å². The van der Waals surface area contributed by atoms with Crippen LogP contribution in [0.1, 0.15) is 44.1 Å². The summed E-state index contributed by atoms with van der Waals surface area (Å²) in [6.45, 7) is 1.97. The van der Waals surface area contributed by atoms with Crippen LogP contribution in [0, 0.1) is 5.92 Å². The molecule has 0 radical (unpaired) electrons. The molecule has 1 aromatic carbocycles. The lowest BCUT2D eigenvalue weighted by Gasteiger charge is -2.42. The lowest BCUT2D eigenvalue weighted by molar-refractivity contribution is -0.126. The largest absolute Gasteiger partial charge is 0.300 e. The standard InChI is InChI=1S/C17H21Cl2NO/c1-3-16(21)17-12(9-11-5-7-15(17)20(11)2)10-4-6-13(18)14(19)8-10/h4,6,8,11-12,15,17H,3,5,7,9H2,1-2H3/t11?,12-,15?,17-/m0/s1. The van der Waals surface area contributed by atoms with E-state index in [2.05, 4.69) is 11.9 Å². The summed E-state index contributed by atoms with van der Waals surface area (Å²) in [4.78, 5) is 15.0. The van der Waals surface area contributed by atoms with Crippen molar-refractivity contribution in [2.45, 2.75) is 50.6 Å². The zero-order chi connectivity index (χ0) is 15.1. The number of hydrogen-bond donors (Lipinski definition) is 0. The molecule has 2 fully saturated rings. The van der Waals surface area contributed by atoms with Crippen molar-refractivity contribution in [3.8, 4) is 0 Å². The molecule has 1 aromatic rings. The van der Waals surface area contributed by atoms with Crippen LogP contribution in [0.2, 0.25) is 10.0 Å². The molecule has 2 unspecified atom stereocenters. The summed E-state index contributed by atoms with van der Waals surface area (Å²) in [5.74, 6) is 0.750. The lowest BCUT2D eigenvalue weighted by Crippen LogP contribution is -2.48. The van der Waals surface area contributed by atoms with E-state index in [0.29, 0.717) is 34.3 Å². The Hall–Kier alpha value is -0.570. The van der Waals surface area contributed by atoms with Crippen molar-refractivity contribution in [1.29, 1.82) is 0 Å². The third-order valence-corrected chi connectivity index (χ3v) is 6.10. The Kier molecular flexibility index (Phi) is 4.31. The quantitative estimate of drug-likeness (QED) is 0.813. The summed E-state index contributed by atoms with van der Waals surface area (Å²) >= 11 is 12.2. The molecule has 0 spiro atoms. The second kappa shape index (κ2) is 5.91. The van der Waals surface area contributed by atoms with Crippen molar-refractivity contribution >= 4 is 29.0 Å². The SMILES string of the molecule is CCC(=O)[C@@H]1C2CCC(C[C@H]1c1ccc(Cl)c(Cl)c1)N2C. The van der Waals surface area contributed by atoms with E-state index in [-0.39, 0.29) is 11.8 Å². The highest BCUT2D eigenvalue weighted by Gasteiger charge is 2.48. The van der Waals surface area contributed by atoms with E-state index in [9.17, 15) is 4.79 Å². The molecule has 114 valence electrons. The van der Waals surface area contributed by atoms with Crippen molar-refractivity contribution in [2.24, 2.45) is 5.92 Å². The minimum atomic E-state index is 0.0935. The molecule has 2 nitrogen and oxygen atoms in total. The van der Waals surface area contributed by atoms with Gasteiger partial charge in [-0.2, -0.15) is 0 Å². The number of piperidine rings is 1. The zero-order valence-electron chi connectivity index (χ0n) is 12.5. The first-order valence-electron chi connectivity index (χ1n) is 7.72. The maximum Gasteiger partial charge on any atom is 0.137 e. The molecule has 0 aliphatic carbocycles. The molecule has 2 heterocycles. The molecule has 2 aliphatic rings. The van der Waals surface area contributed by atoms with Gasteiger partial charge in [-0.3, -0.25) is 9.69 Å². The molecule has 0 aromatic heterocycles. The van der Waals surface area contributed by atoms with E-state index >= 15 is 0 Å². The van der Waals surface area contributed by atoms with Crippen molar-refractivity contribution in [2.75, 3.05) is 7.05 Å². The van der Waals surface area contributed by atoms with Crippen LogP contribution in [0.5, 0.6) is 0 Å². The van der Waals surface area contributed by atoms with Gasteiger partial charge in [0.2, 0.25) is 0 Å². The van der Waals surface area contributed by atoms with Gasteiger partial charge in [-0.25, -0.2) is 0 Å². The zero-order valence-corrected chi connectivity index (χ0v) is 14.0. The Balaban J connectivity index is 1.98. The summed E-state index contributed by atoms with van der Waals surface area (Å²) in [5, 5.41) is 1.16. The number of Topliss-reactive ketones (excluding diaryl/α,β-unsaturated/α-hetero) is 1. The molecule has 2 bridgehead atoms. The van der Waals surface area contributed by atoms with Crippen molar-refractivity contribution < 1.29 is 4.79 Å². The number of benzene rings is 1. The van der Waals surface area contributed by atoms with Gasteiger partial charge in [-0.15, -0.1) is 0 Å². The number of carbonyl (C=O) groups excluding carboxylic acids is 1. The van der Waals surface area contributed by atoms with Crippen LogP contribution in [-0.2, 0) is 4.79 Å². The fraction of sp³-hybridized carbons (Fsp3) is 0.588. The van der Waals surface area contributed by atoms with Crippen LogP contribution in [0.4, 0.5) is 0 Å². The Labute approximate surface area is 136 Å². The summed E-state index contributed by atoms with van der Waals surface area (Å²) in [6, 6.07) is 6.83. The lowest BCUT2D eigenvalue weighted by atomic mass is 9.73. The number of hydrogen-bond acceptors (Lipinski definition) is 2. The van der Waals surface area contributed by atoms with Gasteiger partial charge in [-0.1, -0.05) is 36.2 Å². The highest BCUT2D eigenvalue weighted by atomic mass is 35.5. The van der Waals surface area contributed by atoms with E-state index in [1.54, 1.807) is 0 Å². The van der Waals surface area contributed by atoms with E-state index in [1.165, 1.54) is 12.0 Å². The van der Waals surface area contributed by atoms with Crippen molar-refractivity contribution in [3.63, 3.8) is 0 Å². The van der Waals surface area contributed by atoms with Crippen LogP contribution in [0.3, 0.4) is 0 Å². The first kappa shape index (κ1) is 15.3. The van der Waals surface area contributed by atoms with Crippen molar-refractivity contribution in [1.82, 2.24) is 4.90 Å². The Bertz CT molecular complexity index is 560. The van der Waals surface area contributed by atoms with E-state index in [4.69, 9.17) is 23.2 Å². The smallest absolute Gasteiger partial charge is 0.137 e. The fourth-order valence-electron chi connectivity index (χ4n) is 4.23. The number of nitrogens with zero attached hydrogens (tertiary/aromatic N) is 1. The minimum Gasteiger partial charge on any atom is -0.300 e. The van der Waals surface area contributed by atoms with Crippen LogP contribution in [0.25, 0.3) is 0 Å². The average molecular weight is 326 g/mol. The molecular formula is C17H21Cl2NO. The topological polar surface area (TPSA) is 20.3 Å². The van der Waals surface area contributed by atoms with Gasteiger partial charge in [0.15, 0.2) is 0 Å². The Morgan fingerprint density at radius 3 is 2.71 bits per heavy atom. The van der Waals surface area contributed by atoms with E-state index < -0.39 is 0 Å². The number of halogens is 2. The van der Waals surface area contributed by atoms with Gasteiger partial charge in [0.05, 0.1) is 10.0 Å². The molecule has 3 rings (SSSR count). The first-order valence-corrected chi connectivity index (χ1v) is 8.48. The maximum absolute atomic E-state index is 12.6. The first-order chi connectivity index (χ1) is 10.0. The third-order valence-electron chi connectivity index (χ3n) is 5.36. The van der Waals surface area contributed by atoms with Gasteiger partial charge < -0.3 is 0 Å². The average Bonchev–Trinajstić information content (AvgIpc) is 2.72. The monoisotopic (exact) mass is 325 g/mol. The highest BCUT2D eigenvalue weighted by Crippen LogP contribution is 2.47. The Morgan fingerprint density at radius 1 is 1.29 bits per heavy atom. The predicted molar refractivity (Wildman–Crippen MR) is 87.2 cm³/mol. The molecular weight excluding hydrogens is 305 g/mol. The van der Waals surface area contributed by atoms with E-state index in [0.717, 1.165) is 12.8 Å². The van der Waals surface area contributed by atoms with Crippen LogP contribution in [0.15, 0.2) is 18.2 Å². The molecule has 4 atom stereocenters. The van der Waals surface area contributed by atoms with Gasteiger partial charge in [0.1, 0.15) is 5.78 Å². The normalized spacial score (nSPS) is 32.4. The summed E-state index contributed by atoms with van der Waals surface area (Å²) in [6.07, 6.45) is 3.99. The predicted octanol–water partition coefficient (Wildman–Crippen LogP) is 4.54. The molecule has 0 saturated carbocycles. The molecule has 2 saturated heterocycles. The summed E-state index contributed by atoms with van der Waals surface area (Å²) in [5.41, 5.74) is 1.17. The third kappa shape index (κ3) is 2.62. The second-order valence-corrected chi connectivity index (χ2v) is 7.14. The van der Waals surface area contributed by atoms with E-state index in [1.807, 2.05) is 25.1 Å². The minimum absolute atomic E-state index is 0.0935. The van der Waals surface area contributed by atoms with Gasteiger partial charge in [0.25, 0.3) is 0 Å². The molecule has 2 aliphatic heterocycles. The number of rotatable bonds is 3. The maximum atomic E-state index is 12.6. The van der Waals surface area contributed by atoms with Gasteiger partial charge in [-0.05, 0) is 49.9 Å². The number of fused-ring (bicyclic) bond motifs is 2. The number of carbonyl (C=O) groups is 1. The number of ketones is 1. The van der Waals surface area contributed by atoms with Crippen LogP contribution >= 0.6 is 23.2 Å². The second-order valence-electron chi connectivity index (χ2n) is 6.33. The van der Waals surface area contributed by atoms with Gasteiger partial charge in [0, 0.05) is 24.4 Å². The molecule has 4 heteroatoms. The van der Waals surface area contributed by atoms with Gasteiger partial charge >= 0.3 is 0 Å². The summed E-state index contributed by atoms with van der Waals surface area (Å²) in [7, 11) is 2.17. The molecule has 0 amide bonds. The molecule has 0 N–H and O–H groups in total. The molecule has 21 heavy (non-hydrogen) atoms. The fourth-order valence-corrected chi connectivity index (χ4v) is 4.53. The summed E-state index contributed by atoms with van der Waals surface area (Å²) < 4.78 is 0. The Morgan fingerprint density at radius 2 is 2.05 bits per heavy atom.